The Kier molecular flexibility index (Phi) is 2.77. The molecule has 1 heteroatoms. The van der Waals surface area contributed by atoms with Crippen molar-refractivity contribution in [3.63, 3.8) is 0 Å². The Morgan fingerprint density at radius 2 is 2.00 bits per heavy atom. The van der Waals surface area contributed by atoms with Gasteiger partial charge in [-0.15, -0.1) is 11.6 Å². The summed E-state index contributed by atoms with van der Waals surface area (Å²) in [5.74, 6) is 0.828. The van der Waals surface area contributed by atoms with Crippen LogP contribution >= 0.6 is 11.6 Å². The average molecular weight is 233 g/mol. The van der Waals surface area contributed by atoms with Gasteiger partial charge in [0, 0.05) is 0 Å². The third-order valence-electron chi connectivity index (χ3n) is 3.91. The van der Waals surface area contributed by atoms with E-state index in [4.69, 9.17) is 11.6 Å². The van der Waals surface area contributed by atoms with Gasteiger partial charge < -0.3 is 0 Å². The van der Waals surface area contributed by atoms with Crippen molar-refractivity contribution in [3.05, 3.63) is 41.5 Å². The second-order valence-electron chi connectivity index (χ2n) is 5.00. The second-order valence-corrected chi connectivity index (χ2v) is 5.56. The van der Waals surface area contributed by atoms with E-state index in [1.54, 1.807) is 0 Å². The van der Waals surface area contributed by atoms with Gasteiger partial charge in [0.2, 0.25) is 0 Å². The number of benzene rings is 1. The highest BCUT2D eigenvalue weighted by molar-refractivity contribution is 6.22. The predicted molar refractivity (Wildman–Crippen MR) is 69.9 cm³/mol. The van der Waals surface area contributed by atoms with E-state index in [-0.39, 0.29) is 5.38 Å². The van der Waals surface area contributed by atoms with Crippen molar-refractivity contribution in [2.75, 3.05) is 0 Å². The number of hydrogen-bond acceptors (Lipinski definition) is 0. The van der Waals surface area contributed by atoms with Crippen molar-refractivity contribution in [3.8, 4) is 0 Å². The second kappa shape index (κ2) is 4.25. The van der Waals surface area contributed by atoms with Gasteiger partial charge in [-0.2, -0.15) is 0 Å². The molecule has 1 unspecified atom stereocenters. The molecule has 1 atom stereocenters. The predicted octanol–water partition coefficient (Wildman–Crippen LogP) is 4.74. The molecule has 2 aliphatic carbocycles. The largest absolute Gasteiger partial charge is 0.118 e. The van der Waals surface area contributed by atoms with Gasteiger partial charge in [-0.1, -0.05) is 36.8 Å². The SMILES string of the molecule is ClC1C=C(c2cccc(C3CCC3)c2)CC1. The lowest BCUT2D eigenvalue weighted by Crippen LogP contribution is -2.08. The molecule has 0 nitrogen and oxygen atoms in total. The molecule has 0 N–H and O–H groups in total. The zero-order valence-electron chi connectivity index (χ0n) is 9.45. The van der Waals surface area contributed by atoms with E-state index in [0.717, 1.165) is 18.8 Å². The van der Waals surface area contributed by atoms with E-state index in [1.807, 2.05) is 0 Å². The van der Waals surface area contributed by atoms with Crippen molar-refractivity contribution in [2.45, 2.75) is 43.4 Å². The van der Waals surface area contributed by atoms with Gasteiger partial charge in [0.25, 0.3) is 0 Å². The van der Waals surface area contributed by atoms with Crippen LogP contribution in [-0.2, 0) is 0 Å². The van der Waals surface area contributed by atoms with Gasteiger partial charge in [0.15, 0.2) is 0 Å². The molecule has 0 saturated heterocycles. The van der Waals surface area contributed by atoms with Gasteiger partial charge in [0.05, 0.1) is 5.38 Å². The van der Waals surface area contributed by atoms with E-state index in [2.05, 4.69) is 30.3 Å². The summed E-state index contributed by atoms with van der Waals surface area (Å²) in [6.07, 6.45) is 8.62. The first-order chi connectivity index (χ1) is 7.83. The molecule has 0 aromatic heterocycles. The first-order valence-electron chi connectivity index (χ1n) is 6.28. The molecule has 0 aliphatic heterocycles. The Bertz CT molecular complexity index is 415. The van der Waals surface area contributed by atoms with Crippen molar-refractivity contribution in [1.29, 1.82) is 0 Å². The van der Waals surface area contributed by atoms with Crippen LogP contribution in [0.25, 0.3) is 5.57 Å². The fourth-order valence-corrected chi connectivity index (χ4v) is 2.91. The van der Waals surface area contributed by atoms with Crippen LogP contribution in [-0.4, -0.2) is 5.38 Å². The van der Waals surface area contributed by atoms with Gasteiger partial charge >= 0.3 is 0 Å². The summed E-state index contributed by atoms with van der Waals surface area (Å²) < 4.78 is 0. The third-order valence-corrected chi connectivity index (χ3v) is 4.25. The van der Waals surface area contributed by atoms with Gasteiger partial charge in [-0.3, -0.25) is 0 Å². The summed E-state index contributed by atoms with van der Waals surface area (Å²) in [5, 5.41) is 0.252. The van der Waals surface area contributed by atoms with Crippen LogP contribution in [0.5, 0.6) is 0 Å². The monoisotopic (exact) mass is 232 g/mol. The summed E-state index contributed by atoms with van der Waals surface area (Å²) in [7, 11) is 0. The molecular weight excluding hydrogens is 216 g/mol. The Morgan fingerprint density at radius 3 is 2.62 bits per heavy atom. The van der Waals surface area contributed by atoms with Crippen LogP contribution < -0.4 is 0 Å². The zero-order chi connectivity index (χ0) is 11.0. The van der Waals surface area contributed by atoms with E-state index in [1.165, 1.54) is 36.0 Å². The first-order valence-corrected chi connectivity index (χ1v) is 6.72. The summed E-state index contributed by atoms with van der Waals surface area (Å²) in [6.45, 7) is 0. The van der Waals surface area contributed by atoms with E-state index in [0.29, 0.717) is 0 Å². The van der Waals surface area contributed by atoms with Gasteiger partial charge in [-0.25, -0.2) is 0 Å². The fraction of sp³-hybridized carbons (Fsp3) is 0.467. The molecule has 1 fully saturated rings. The minimum Gasteiger partial charge on any atom is -0.118 e. The topological polar surface area (TPSA) is 0 Å². The maximum Gasteiger partial charge on any atom is 0.0525 e. The molecule has 0 spiro atoms. The molecule has 1 aromatic rings. The lowest BCUT2D eigenvalue weighted by molar-refractivity contribution is 0.419. The minimum atomic E-state index is 0.252. The number of hydrogen-bond donors (Lipinski definition) is 0. The Hall–Kier alpha value is -0.750. The van der Waals surface area contributed by atoms with E-state index >= 15 is 0 Å². The average Bonchev–Trinajstić information content (AvgIpc) is 2.63. The van der Waals surface area contributed by atoms with Crippen molar-refractivity contribution >= 4 is 17.2 Å². The van der Waals surface area contributed by atoms with Crippen LogP contribution in [0.15, 0.2) is 30.3 Å². The van der Waals surface area contributed by atoms with Crippen LogP contribution in [0.1, 0.15) is 49.1 Å². The molecule has 1 aromatic carbocycles. The highest BCUT2D eigenvalue weighted by Gasteiger charge is 2.20. The number of rotatable bonds is 2. The molecule has 0 heterocycles. The van der Waals surface area contributed by atoms with Gasteiger partial charge in [0.1, 0.15) is 0 Å². The Labute approximate surface area is 102 Å². The smallest absolute Gasteiger partial charge is 0.0525 e. The summed E-state index contributed by atoms with van der Waals surface area (Å²) in [5.41, 5.74) is 4.37. The first kappa shape index (κ1) is 10.4. The molecule has 0 radical (unpaired) electrons. The quantitative estimate of drug-likeness (QED) is 0.647. The summed E-state index contributed by atoms with van der Waals surface area (Å²) >= 11 is 6.12. The standard InChI is InChI=1S/C15H17Cl/c16-15-8-7-14(10-15)13-6-2-5-12(9-13)11-3-1-4-11/h2,5-6,9-11,15H,1,3-4,7-8H2. The Morgan fingerprint density at radius 1 is 1.12 bits per heavy atom. The summed E-state index contributed by atoms with van der Waals surface area (Å²) in [4.78, 5) is 0. The van der Waals surface area contributed by atoms with Crippen LogP contribution in [0.4, 0.5) is 0 Å². The molecule has 3 rings (SSSR count). The van der Waals surface area contributed by atoms with Crippen LogP contribution in [0, 0.1) is 0 Å². The number of allylic oxidation sites excluding steroid dienone is 2. The maximum atomic E-state index is 6.12. The zero-order valence-corrected chi connectivity index (χ0v) is 10.2. The van der Waals surface area contributed by atoms with Crippen molar-refractivity contribution < 1.29 is 0 Å². The molecule has 0 bridgehead atoms. The summed E-state index contributed by atoms with van der Waals surface area (Å²) in [6, 6.07) is 9.08. The molecule has 1 saturated carbocycles. The van der Waals surface area contributed by atoms with E-state index in [9.17, 15) is 0 Å². The lowest BCUT2D eigenvalue weighted by atomic mass is 9.79. The molecular formula is C15H17Cl. The maximum absolute atomic E-state index is 6.12. The van der Waals surface area contributed by atoms with Crippen molar-refractivity contribution in [1.82, 2.24) is 0 Å². The highest BCUT2D eigenvalue weighted by Crippen LogP contribution is 2.38. The minimum absolute atomic E-state index is 0.252. The van der Waals surface area contributed by atoms with Crippen LogP contribution in [0.2, 0.25) is 0 Å². The third kappa shape index (κ3) is 1.91. The number of halogens is 1. The lowest BCUT2D eigenvalue weighted by Gasteiger charge is -2.26. The normalized spacial score (nSPS) is 25.3. The van der Waals surface area contributed by atoms with Gasteiger partial charge in [-0.05, 0) is 48.3 Å². The van der Waals surface area contributed by atoms with Crippen molar-refractivity contribution in [2.24, 2.45) is 0 Å². The molecule has 2 aliphatic rings. The number of alkyl halides is 1. The van der Waals surface area contributed by atoms with E-state index < -0.39 is 0 Å². The fourth-order valence-electron chi connectivity index (χ4n) is 2.65. The molecule has 0 amide bonds. The Balaban J connectivity index is 1.87. The van der Waals surface area contributed by atoms with Crippen LogP contribution in [0.3, 0.4) is 0 Å². The highest BCUT2D eigenvalue weighted by atomic mass is 35.5. The molecule has 84 valence electrons. The molecule has 16 heavy (non-hydrogen) atoms.